The number of benzene rings is 1. The van der Waals surface area contributed by atoms with E-state index in [2.05, 4.69) is 15.8 Å². The van der Waals surface area contributed by atoms with Crippen LogP contribution in [0.25, 0.3) is 10.8 Å². The highest BCUT2D eigenvalue weighted by Crippen LogP contribution is 2.31. The summed E-state index contributed by atoms with van der Waals surface area (Å²) < 4.78 is 27.8. The first-order chi connectivity index (χ1) is 12.9. The molecule has 1 aromatic heterocycles. The van der Waals surface area contributed by atoms with Crippen LogP contribution in [0.3, 0.4) is 0 Å². The molecule has 2 saturated heterocycles. The zero-order chi connectivity index (χ0) is 19.2. The van der Waals surface area contributed by atoms with Gasteiger partial charge < -0.3 is 4.98 Å². The van der Waals surface area contributed by atoms with Gasteiger partial charge in [-0.3, -0.25) is 15.6 Å². The monoisotopic (exact) mass is 390 g/mol. The van der Waals surface area contributed by atoms with E-state index < -0.39 is 15.3 Å². The lowest BCUT2D eigenvalue weighted by atomic mass is 9.93. The van der Waals surface area contributed by atoms with E-state index in [1.54, 1.807) is 4.31 Å². The van der Waals surface area contributed by atoms with Gasteiger partial charge in [0.25, 0.3) is 5.56 Å². The molecule has 0 saturated carbocycles. The van der Waals surface area contributed by atoms with Crippen molar-refractivity contribution >= 4 is 20.8 Å². The lowest BCUT2D eigenvalue weighted by Gasteiger charge is -2.34. The lowest BCUT2D eigenvalue weighted by molar-refractivity contribution is 0.311. The van der Waals surface area contributed by atoms with Gasteiger partial charge in [-0.05, 0) is 44.2 Å². The van der Waals surface area contributed by atoms with E-state index in [0.717, 1.165) is 11.1 Å². The van der Waals surface area contributed by atoms with Gasteiger partial charge in [-0.15, -0.1) is 0 Å². The SMILES string of the molecule is CC1NNC(C)C1S(=O)(=O)N1CCC(c2cc3ccccc3c(=O)[nH]2)CC1. The molecule has 3 heterocycles. The Morgan fingerprint density at radius 3 is 2.33 bits per heavy atom. The molecule has 7 nitrogen and oxygen atoms in total. The molecular formula is C19H26N4O3S. The number of aromatic nitrogens is 1. The summed E-state index contributed by atoms with van der Waals surface area (Å²) >= 11 is 0. The Morgan fingerprint density at radius 1 is 1.04 bits per heavy atom. The Kier molecular flexibility index (Phi) is 4.84. The number of hydrogen-bond donors (Lipinski definition) is 3. The number of hydrogen-bond acceptors (Lipinski definition) is 5. The summed E-state index contributed by atoms with van der Waals surface area (Å²) in [6.45, 7) is 4.76. The van der Waals surface area contributed by atoms with Crippen LogP contribution < -0.4 is 16.4 Å². The van der Waals surface area contributed by atoms with Crippen molar-refractivity contribution in [2.75, 3.05) is 13.1 Å². The van der Waals surface area contributed by atoms with Crippen molar-refractivity contribution in [2.45, 2.75) is 49.9 Å². The van der Waals surface area contributed by atoms with E-state index in [-0.39, 0.29) is 23.6 Å². The number of H-pyrrole nitrogens is 1. The molecule has 2 aromatic rings. The van der Waals surface area contributed by atoms with Gasteiger partial charge in [0.05, 0.1) is 0 Å². The van der Waals surface area contributed by atoms with Crippen molar-refractivity contribution < 1.29 is 8.42 Å². The maximum Gasteiger partial charge on any atom is 0.256 e. The fourth-order valence-corrected chi connectivity index (χ4v) is 6.65. The van der Waals surface area contributed by atoms with Crippen LogP contribution in [0.5, 0.6) is 0 Å². The summed E-state index contributed by atoms with van der Waals surface area (Å²) in [6.07, 6.45) is 1.42. The molecule has 4 rings (SSSR count). The molecule has 0 amide bonds. The third-order valence-corrected chi connectivity index (χ3v) is 8.49. The number of sulfonamides is 1. The second-order valence-corrected chi connectivity index (χ2v) is 9.78. The molecule has 146 valence electrons. The minimum absolute atomic E-state index is 0.0797. The van der Waals surface area contributed by atoms with E-state index in [1.807, 2.05) is 44.2 Å². The van der Waals surface area contributed by atoms with E-state index in [9.17, 15) is 13.2 Å². The van der Waals surface area contributed by atoms with Crippen molar-refractivity contribution in [3.05, 3.63) is 46.4 Å². The highest BCUT2D eigenvalue weighted by atomic mass is 32.2. The quantitative estimate of drug-likeness (QED) is 0.734. The van der Waals surface area contributed by atoms with E-state index in [4.69, 9.17) is 0 Å². The second kappa shape index (κ2) is 7.01. The van der Waals surface area contributed by atoms with Gasteiger partial charge in [-0.25, -0.2) is 12.7 Å². The molecule has 2 fully saturated rings. The Bertz CT molecular complexity index is 985. The molecule has 2 aliphatic rings. The summed E-state index contributed by atoms with van der Waals surface area (Å²) in [6, 6.07) is 9.32. The van der Waals surface area contributed by atoms with Crippen molar-refractivity contribution in [1.29, 1.82) is 0 Å². The fourth-order valence-electron chi connectivity index (χ4n) is 4.42. The molecule has 0 bridgehead atoms. The predicted octanol–water partition coefficient (Wildman–Crippen LogP) is 1.29. The van der Waals surface area contributed by atoms with E-state index in [0.29, 0.717) is 31.3 Å². The molecule has 3 N–H and O–H groups in total. The number of piperidine rings is 1. The maximum atomic E-state index is 13.1. The average molecular weight is 391 g/mol. The zero-order valence-corrected chi connectivity index (χ0v) is 16.4. The predicted molar refractivity (Wildman–Crippen MR) is 106 cm³/mol. The van der Waals surface area contributed by atoms with Crippen LogP contribution in [0, 0.1) is 0 Å². The third kappa shape index (κ3) is 3.31. The van der Waals surface area contributed by atoms with Gasteiger partial charge in [-0.2, -0.15) is 0 Å². The normalized spacial score (nSPS) is 28.0. The first-order valence-corrected chi connectivity index (χ1v) is 11.0. The number of nitrogens with one attached hydrogen (secondary N) is 3. The van der Waals surface area contributed by atoms with Crippen molar-refractivity contribution in [3.63, 3.8) is 0 Å². The van der Waals surface area contributed by atoms with E-state index in [1.165, 1.54) is 0 Å². The van der Waals surface area contributed by atoms with Crippen LogP contribution in [0.15, 0.2) is 35.1 Å². The molecule has 2 atom stereocenters. The van der Waals surface area contributed by atoms with Gasteiger partial charge in [0.2, 0.25) is 10.0 Å². The number of hydrazine groups is 1. The molecule has 0 aliphatic carbocycles. The number of aromatic amines is 1. The molecule has 2 aliphatic heterocycles. The molecule has 1 aromatic carbocycles. The Labute approximate surface area is 159 Å². The average Bonchev–Trinajstić information content (AvgIpc) is 3.01. The smallest absolute Gasteiger partial charge is 0.256 e. The first-order valence-electron chi connectivity index (χ1n) is 9.50. The van der Waals surface area contributed by atoms with Crippen LogP contribution in [-0.2, 0) is 10.0 Å². The summed E-state index contributed by atoms with van der Waals surface area (Å²) in [5.74, 6) is 0.170. The summed E-state index contributed by atoms with van der Waals surface area (Å²) in [7, 11) is -3.37. The van der Waals surface area contributed by atoms with Crippen molar-refractivity contribution in [2.24, 2.45) is 0 Å². The Morgan fingerprint density at radius 2 is 1.67 bits per heavy atom. The molecular weight excluding hydrogens is 364 g/mol. The van der Waals surface area contributed by atoms with Crippen LogP contribution >= 0.6 is 0 Å². The van der Waals surface area contributed by atoms with Gasteiger partial charge in [0, 0.05) is 42.2 Å². The molecule has 0 radical (unpaired) electrons. The van der Waals surface area contributed by atoms with E-state index >= 15 is 0 Å². The largest absolute Gasteiger partial charge is 0.325 e. The van der Waals surface area contributed by atoms with Crippen molar-refractivity contribution in [3.8, 4) is 0 Å². The van der Waals surface area contributed by atoms with Gasteiger partial charge in [-0.1, -0.05) is 18.2 Å². The molecule has 27 heavy (non-hydrogen) atoms. The number of rotatable bonds is 3. The summed E-state index contributed by atoms with van der Waals surface area (Å²) in [5, 5.41) is 1.15. The number of fused-ring (bicyclic) bond motifs is 1. The summed E-state index contributed by atoms with van der Waals surface area (Å²) in [4.78, 5) is 15.3. The van der Waals surface area contributed by atoms with Crippen molar-refractivity contribution in [1.82, 2.24) is 20.1 Å². The van der Waals surface area contributed by atoms with Crippen LogP contribution in [-0.4, -0.2) is 48.1 Å². The highest BCUT2D eigenvalue weighted by molar-refractivity contribution is 7.89. The second-order valence-electron chi connectivity index (χ2n) is 7.69. The third-order valence-electron chi connectivity index (χ3n) is 5.90. The lowest BCUT2D eigenvalue weighted by Crippen LogP contribution is -2.49. The molecule has 2 unspecified atom stereocenters. The van der Waals surface area contributed by atoms with Crippen LogP contribution in [0.2, 0.25) is 0 Å². The number of nitrogens with zero attached hydrogens (tertiary/aromatic N) is 1. The van der Waals surface area contributed by atoms with Crippen LogP contribution in [0.4, 0.5) is 0 Å². The summed E-state index contributed by atoms with van der Waals surface area (Å²) in [5.41, 5.74) is 6.88. The van der Waals surface area contributed by atoms with Gasteiger partial charge in [0.15, 0.2) is 0 Å². The topological polar surface area (TPSA) is 94.3 Å². The first kappa shape index (κ1) is 18.6. The van der Waals surface area contributed by atoms with Crippen LogP contribution in [0.1, 0.15) is 38.3 Å². The number of pyridine rings is 1. The Hall–Kier alpha value is -1.74. The zero-order valence-electron chi connectivity index (χ0n) is 15.6. The van der Waals surface area contributed by atoms with Gasteiger partial charge >= 0.3 is 0 Å². The molecule has 8 heteroatoms. The minimum Gasteiger partial charge on any atom is -0.325 e. The Balaban J connectivity index is 1.52. The maximum absolute atomic E-state index is 13.1. The molecule has 0 spiro atoms. The van der Waals surface area contributed by atoms with Gasteiger partial charge in [0.1, 0.15) is 5.25 Å². The fraction of sp³-hybridized carbons (Fsp3) is 0.526. The highest BCUT2D eigenvalue weighted by Gasteiger charge is 2.44. The minimum atomic E-state index is -3.37. The standard InChI is InChI=1S/C19H26N4O3S/c1-12-18(13(2)22-21-12)27(25,26)23-9-7-14(8-10-23)17-11-15-5-3-4-6-16(15)19(24)20-17/h3-6,11-14,18,21-22H,7-10H2,1-2H3,(H,20,24).